The van der Waals surface area contributed by atoms with Crippen LogP contribution in [0.5, 0.6) is 0 Å². The highest BCUT2D eigenvalue weighted by molar-refractivity contribution is 5.79. The van der Waals surface area contributed by atoms with E-state index < -0.39 is 0 Å². The summed E-state index contributed by atoms with van der Waals surface area (Å²) in [4.78, 5) is 24.0. The first-order valence-corrected chi connectivity index (χ1v) is 11.3. The molecule has 0 unspecified atom stereocenters. The van der Waals surface area contributed by atoms with Crippen LogP contribution in [0.1, 0.15) is 67.1 Å². The minimum atomic E-state index is 0.170. The van der Waals surface area contributed by atoms with E-state index in [0.29, 0.717) is 18.4 Å². The summed E-state index contributed by atoms with van der Waals surface area (Å²) in [5.41, 5.74) is 2.86. The van der Waals surface area contributed by atoms with Gasteiger partial charge in [0.1, 0.15) is 17.4 Å². The molecule has 2 aromatic rings. The lowest BCUT2D eigenvalue weighted by atomic mass is 9.91. The van der Waals surface area contributed by atoms with Gasteiger partial charge in [-0.3, -0.25) is 4.79 Å². The first kappa shape index (κ1) is 20.8. The Labute approximate surface area is 178 Å². The predicted molar refractivity (Wildman–Crippen MR) is 115 cm³/mol. The van der Waals surface area contributed by atoms with E-state index >= 15 is 0 Å². The largest absolute Gasteiger partial charge is 0.367 e. The zero-order chi connectivity index (χ0) is 21.1. The third-order valence-corrected chi connectivity index (χ3v) is 6.57. The number of carbonyl (C=O) groups excluding carboxylic acids is 1. The third kappa shape index (κ3) is 4.99. The Balaban J connectivity index is 1.30. The lowest BCUT2D eigenvalue weighted by Crippen LogP contribution is -2.39. The second kappa shape index (κ2) is 9.14. The van der Waals surface area contributed by atoms with E-state index in [2.05, 4.69) is 26.5 Å². The van der Waals surface area contributed by atoms with Crippen LogP contribution in [0, 0.1) is 26.7 Å². The monoisotopic (exact) mass is 411 g/mol. The number of amides is 1. The molecule has 30 heavy (non-hydrogen) atoms. The maximum Gasteiger partial charge on any atom is 0.227 e. The molecule has 2 aliphatic rings. The Morgan fingerprint density at radius 2 is 1.87 bits per heavy atom. The van der Waals surface area contributed by atoms with Crippen LogP contribution in [0.4, 0.5) is 5.82 Å². The molecule has 162 valence electrons. The van der Waals surface area contributed by atoms with Crippen molar-refractivity contribution < 1.29 is 9.32 Å². The molecule has 1 aliphatic heterocycles. The van der Waals surface area contributed by atoms with Gasteiger partial charge in [0, 0.05) is 36.5 Å². The number of nitrogens with zero attached hydrogens (tertiary/aromatic N) is 4. The van der Waals surface area contributed by atoms with Crippen molar-refractivity contribution >= 4 is 11.7 Å². The fourth-order valence-electron chi connectivity index (χ4n) is 4.79. The van der Waals surface area contributed by atoms with Gasteiger partial charge >= 0.3 is 0 Å². The summed E-state index contributed by atoms with van der Waals surface area (Å²) in [5, 5.41) is 7.55. The van der Waals surface area contributed by atoms with Crippen molar-refractivity contribution in [2.24, 2.45) is 5.92 Å². The normalized spacial score (nSPS) is 18.2. The van der Waals surface area contributed by atoms with Crippen molar-refractivity contribution in [1.29, 1.82) is 0 Å². The number of likely N-dealkylation sites (tertiary alicyclic amines) is 1. The predicted octanol–water partition coefficient (Wildman–Crippen LogP) is 3.77. The van der Waals surface area contributed by atoms with Gasteiger partial charge in [-0.1, -0.05) is 18.0 Å². The van der Waals surface area contributed by atoms with Gasteiger partial charge in [-0.25, -0.2) is 9.97 Å². The molecular formula is C23H33N5O2. The molecule has 3 heterocycles. The number of anilines is 1. The Hall–Kier alpha value is -2.44. The van der Waals surface area contributed by atoms with Gasteiger partial charge in [0.2, 0.25) is 5.91 Å². The van der Waals surface area contributed by atoms with E-state index in [0.717, 1.165) is 66.7 Å². The second-order valence-corrected chi connectivity index (χ2v) is 8.93. The summed E-state index contributed by atoms with van der Waals surface area (Å²) in [5.74, 6) is 3.28. The van der Waals surface area contributed by atoms with E-state index in [1.807, 2.05) is 25.7 Å². The maximum atomic E-state index is 12.7. The summed E-state index contributed by atoms with van der Waals surface area (Å²) in [6, 6.07) is 2.68. The van der Waals surface area contributed by atoms with E-state index in [-0.39, 0.29) is 5.91 Å². The summed E-state index contributed by atoms with van der Waals surface area (Å²) in [6.45, 7) is 7.35. The van der Waals surface area contributed by atoms with Gasteiger partial charge < -0.3 is 14.7 Å². The van der Waals surface area contributed by atoms with Crippen molar-refractivity contribution in [2.45, 2.75) is 78.2 Å². The van der Waals surface area contributed by atoms with Crippen molar-refractivity contribution in [3.8, 4) is 0 Å². The number of rotatable bonds is 6. The summed E-state index contributed by atoms with van der Waals surface area (Å²) in [7, 11) is 0. The van der Waals surface area contributed by atoms with Crippen molar-refractivity contribution in [3.63, 3.8) is 0 Å². The van der Waals surface area contributed by atoms with Gasteiger partial charge in [0.25, 0.3) is 0 Å². The van der Waals surface area contributed by atoms with Gasteiger partial charge in [-0.15, -0.1) is 0 Å². The first-order chi connectivity index (χ1) is 14.5. The highest BCUT2D eigenvalue weighted by Crippen LogP contribution is 2.25. The van der Waals surface area contributed by atoms with Gasteiger partial charge in [0.15, 0.2) is 0 Å². The summed E-state index contributed by atoms with van der Waals surface area (Å²) in [6.07, 6.45) is 8.45. The highest BCUT2D eigenvalue weighted by Gasteiger charge is 2.25. The molecule has 1 saturated heterocycles. The van der Waals surface area contributed by atoms with Crippen molar-refractivity contribution in [3.05, 3.63) is 34.6 Å². The topological polar surface area (TPSA) is 84.2 Å². The molecule has 2 aromatic heterocycles. The smallest absolute Gasteiger partial charge is 0.227 e. The van der Waals surface area contributed by atoms with E-state index in [9.17, 15) is 4.79 Å². The number of aryl methyl sites for hydroxylation is 3. The first-order valence-electron chi connectivity index (χ1n) is 11.3. The molecule has 1 N–H and O–H groups in total. The molecule has 7 heteroatoms. The quantitative estimate of drug-likeness (QED) is 0.779. The average Bonchev–Trinajstić information content (AvgIpc) is 3.33. The molecule has 0 radical (unpaired) electrons. The third-order valence-electron chi connectivity index (χ3n) is 6.57. The van der Waals surface area contributed by atoms with E-state index in [1.54, 1.807) is 0 Å². The lowest BCUT2D eigenvalue weighted by Gasteiger charge is -2.32. The minimum absolute atomic E-state index is 0.170. The van der Waals surface area contributed by atoms with E-state index in [1.165, 1.54) is 25.7 Å². The Kier molecular flexibility index (Phi) is 6.35. The van der Waals surface area contributed by atoms with Crippen LogP contribution in [0.25, 0.3) is 0 Å². The van der Waals surface area contributed by atoms with Crippen LogP contribution in [0.2, 0.25) is 0 Å². The van der Waals surface area contributed by atoms with Crippen LogP contribution in [-0.2, 0) is 17.6 Å². The molecule has 0 bridgehead atoms. The van der Waals surface area contributed by atoms with Crippen molar-refractivity contribution in [1.82, 2.24) is 20.0 Å². The molecule has 0 spiro atoms. The fraction of sp³-hybridized carbons (Fsp3) is 0.652. The maximum absolute atomic E-state index is 12.7. The SMILES string of the molecule is Cc1nc(CC2CCN(C(=O)Cc3c(C)noc3C)CC2)cc(NC2CCCC2)n1. The lowest BCUT2D eigenvalue weighted by molar-refractivity contribution is -0.131. The Morgan fingerprint density at radius 1 is 1.13 bits per heavy atom. The average molecular weight is 412 g/mol. The number of nitrogens with one attached hydrogen (secondary N) is 1. The number of piperidine rings is 1. The molecule has 1 amide bonds. The Bertz CT molecular complexity index is 860. The molecule has 4 rings (SSSR count). The standard InChI is InChI=1S/C23H33N5O2/c1-15-21(16(2)30-27-15)14-23(29)28-10-8-18(9-11-28)12-20-13-22(25-17(3)24-20)26-19-6-4-5-7-19/h13,18-19H,4-12,14H2,1-3H3,(H,24,25,26). The van der Waals surface area contributed by atoms with Crippen LogP contribution < -0.4 is 5.32 Å². The summed E-state index contributed by atoms with van der Waals surface area (Å²) >= 11 is 0. The molecule has 2 fully saturated rings. The minimum Gasteiger partial charge on any atom is -0.367 e. The number of aromatic nitrogens is 3. The zero-order valence-electron chi connectivity index (χ0n) is 18.4. The second-order valence-electron chi connectivity index (χ2n) is 8.93. The molecular weight excluding hydrogens is 378 g/mol. The summed E-state index contributed by atoms with van der Waals surface area (Å²) < 4.78 is 5.19. The molecule has 1 saturated carbocycles. The van der Waals surface area contributed by atoms with E-state index in [4.69, 9.17) is 4.52 Å². The molecule has 7 nitrogen and oxygen atoms in total. The number of hydrogen-bond donors (Lipinski definition) is 1. The van der Waals surface area contributed by atoms with Crippen LogP contribution in [0.15, 0.2) is 10.6 Å². The highest BCUT2D eigenvalue weighted by atomic mass is 16.5. The fourth-order valence-corrected chi connectivity index (χ4v) is 4.79. The number of hydrogen-bond acceptors (Lipinski definition) is 6. The number of carbonyl (C=O) groups is 1. The molecule has 1 aliphatic carbocycles. The van der Waals surface area contributed by atoms with Gasteiger partial charge in [-0.05, 0) is 58.8 Å². The van der Waals surface area contributed by atoms with Gasteiger partial charge in [0.05, 0.1) is 12.1 Å². The molecule has 0 aromatic carbocycles. The van der Waals surface area contributed by atoms with Crippen LogP contribution in [-0.4, -0.2) is 45.1 Å². The van der Waals surface area contributed by atoms with Crippen LogP contribution >= 0.6 is 0 Å². The molecule has 0 atom stereocenters. The zero-order valence-corrected chi connectivity index (χ0v) is 18.4. The van der Waals surface area contributed by atoms with Crippen LogP contribution in [0.3, 0.4) is 0 Å². The van der Waals surface area contributed by atoms with Gasteiger partial charge in [-0.2, -0.15) is 0 Å². The Morgan fingerprint density at radius 3 is 2.53 bits per heavy atom. The van der Waals surface area contributed by atoms with Crippen molar-refractivity contribution in [2.75, 3.05) is 18.4 Å².